The maximum atomic E-state index is 12.9. The van der Waals surface area contributed by atoms with Crippen LogP contribution in [-0.2, 0) is 11.0 Å². The molecule has 0 aliphatic carbocycles. The van der Waals surface area contributed by atoms with Crippen molar-refractivity contribution in [1.29, 1.82) is 0 Å². The molecule has 0 unspecified atom stereocenters. The second-order valence-electron chi connectivity index (χ2n) is 6.81. The number of carboxylic acid groups (broad SMARTS) is 1. The van der Waals surface area contributed by atoms with E-state index in [0.29, 0.717) is 16.7 Å². The van der Waals surface area contributed by atoms with Crippen LogP contribution < -0.4 is 4.90 Å². The van der Waals surface area contributed by atoms with Gasteiger partial charge in [0.25, 0.3) is 0 Å². The van der Waals surface area contributed by atoms with Crippen molar-refractivity contribution in [2.45, 2.75) is 25.4 Å². The van der Waals surface area contributed by atoms with Crippen LogP contribution >= 0.6 is 0 Å². The first-order valence-electron chi connectivity index (χ1n) is 9.35. The van der Waals surface area contributed by atoms with Crippen LogP contribution in [0.15, 0.2) is 60.8 Å². The Morgan fingerprint density at radius 2 is 1.66 bits per heavy atom. The third kappa shape index (κ3) is 5.47. The predicted molar refractivity (Wildman–Crippen MR) is 106 cm³/mol. The van der Waals surface area contributed by atoms with E-state index >= 15 is 0 Å². The molecule has 29 heavy (non-hydrogen) atoms. The average molecular weight is 402 g/mol. The number of halogens is 3. The molecule has 152 valence electrons. The van der Waals surface area contributed by atoms with E-state index < -0.39 is 17.7 Å². The van der Waals surface area contributed by atoms with Gasteiger partial charge in [0.2, 0.25) is 0 Å². The van der Waals surface area contributed by atoms with E-state index in [1.165, 1.54) is 24.6 Å². The number of rotatable bonds is 5. The van der Waals surface area contributed by atoms with Crippen LogP contribution in [-0.4, -0.2) is 29.1 Å². The van der Waals surface area contributed by atoms with Crippen LogP contribution in [0.3, 0.4) is 0 Å². The topological polar surface area (TPSA) is 53.4 Å². The van der Waals surface area contributed by atoms with Crippen molar-refractivity contribution >= 4 is 17.4 Å². The molecule has 1 aromatic carbocycles. The molecule has 1 fully saturated rings. The number of aromatic nitrogens is 1. The van der Waals surface area contributed by atoms with Crippen molar-refractivity contribution in [2.24, 2.45) is 0 Å². The Morgan fingerprint density at radius 3 is 2.21 bits per heavy atom. The highest BCUT2D eigenvalue weighted by atomic mass is 19.4. The second-order valence-corrected chi connectivity index (χ2v) is 6.81. The Morgan fingerprint density at radius 1 is 1.00 bits per heavy atom. The van der Waals surface area contributed by atoms with Gasteiger partial charge in [0.15, 0.2) is 0 Å². The third-order valence-corrected chi connectivity index (χ3v) is 4.76. The van der Waals surface area contributed by atoms with Gasteiger partial charge in [0.1, 0.15) is 5.82 Å². The number of nitrogens with zero attached hydrogens (tertiary/aromatic N) is 2. The molecular weight excluding hydrogens is 381 g/mol. The van der Waals surface area contributed by atoms with E-state index in [2.05, 4.69) is 9.88 Å². The Labute approximate surface area is 167 Å². The molecule has 0 saturated carbocycles. The van der Waals surface area contributed by atoms with Gasteiger partial charge in [-0.3, -0.25) is 0 Å². The number of allylic oxidation sites excluding steroid dienone is 2. The molecular formula is C22H21F3N2O2. The zero-order valence-electron chi connectivity index (χ0n) is 15.7. The zero-order chi connectivity index (χ0) is 20.9. The Bertz CT molecular complexity index is 895. The van der Waals surface area contributed by atoms with E-state index in [-0.39, 0.29) is 0 Å². The molecule has 0 bridgehead atoms. The summed E-state index contributed by atoms with van der Waals surface area (Å²) in [7, 11) is 0. The van der Waals surface area contributed by atoms with Crippen LogP contribution in [0.2, 0.25) is 0 Å². The fourth-order valence-corrected chi connectivity index (χ4v) is 3.28. The summed E-state index contributed by atoms with van der Waals surface area (Å²) in [6, 6.07) is 8.53. The molecule has 4 nitrogen and oxygen atoms in total. The summed E-state index contributed by atoms with van der Waals surface area (Å²) in [5.74, 6) is -0.243. The van der Waals surface area contributed by atoms with Crippen molar-refractivity contribution in [1.82, 2.24) is 4.98 Å². The van der Waals surface area contributed by atoms with Crippen molar-refractivity contribution in [2.75, 3.05) is 18.0 Å². The summed E-state index contributed by atoms with van der Waals surface area (Å²) < 4.78 is 38.6. The standard InChI is InChI=1S/C22H21F3N2O2/c23-22(24,25)18-10-7-16(8-11-18)19(5-4-6-21(28)29)17-9-12-20(26-15-17)27-13-2-1-3-14-27/h4-12,15H,1-3,13-14H2,(H,28,29)/b6-4+,19-5-. The normalized spacial score (nSPS) is 15.7. The molecule has 2 heterocycles. The molecule has 1 aromatic heterocycles. The Hall–Kier alpha value is -3.09. The van der Waals surface area contributed by atoms with Gasteiger partial charge in [0.05, 0.1) is 5.56 Å². The van der Waals surface area contributed by atoms with Gasteiger partial charge < -0.3 is 10.0 Å². The summed E-state index contributed by atoms with van der Waals surface area (Å²) in [4.78, 5) is 17.5. The maximum absolute atomic E-state index is 12.9. The molecule has 1 saturated heterocycles. The molecule has 1 N–H and O–H groups in total. The molecule has 0 atom stereocenters. The number of hydrogen-bond acceptors (Lipinski definition) is 3. The fourth-order valence-electron chi connectivity index (χ4n) is 3.28. The number of aliphatic carboxylic acids is 1. The molecule has 0 spiro atoms. The van der Waals surface area contributed by atoms with Crippen molar-refractivity contribution < 1.29 is 23.1 Å². The Balaban J connectivity index is 1.92. The highest BCUT2D eigenvalue weighted by Gasteiger charge is 2.30. The van der Waals surface area contributed by atoms with Crippen molar-refractivity contribution in [3.05, 3.63) is 77.5 Å². The SMILES string of the molecule is O=C(O)/C=C/C=C(/c1ccc(C(F)(F)F)cc1)c1ccc(N2CCCCC2)nc1. The minimum Gasteiger partial charge on any atom is -0.478 e. The minimum atomic E-state index is -4.41. The predicted octanol–water partition coefficient (Wildman–Crippen LogP) is 5.16. The highest BCUT2D eigenvalue weighted by Crippen LogP contribution is 2.31. The maximum Gasteiger partial charge on any atom is 0.416 e. The van der Waals surface area contributed by atoms with Crippen LogP contribution in [0, 0.1) is 0 Å². The lowest BCUT2D eigenvalue weighted by atomic mass is 9.97. The molecule has 0 radical (unpaired) electrons. The number of carbonyl (C=O) groups is 1. The lowest BCUT2D eigenvalue weighted by molar-refractivity contribution is -0.137. The molecule has 3 rings (SSSR count). The largest absolute Gasteiger partial charge is 0.478 e. The fraction of sp³-hybridized carbons (Fsp3) is 0.273. The first-order chi connectivity index (χ1) is 13.8. The minimum absolute atomic E-state index is 0.542. The summed E-state index contributed by atoms with van der Waals surface area (Å²) in [6.45, 7) is 1.91. The first kappa shape index (κ1) is 20.6. The monoisotopic (exact) mass is 402 g/mol. The van der Waals surface area contributed by atoms with Gasteiger partial charge in [-0.05, 0) is 54.7 Å². The second kappa shape index (κ2) is 8.94. The number of hydrogen-bond donors (Lipinski definition) is 1. The summed E-state index contributed by atoms with van der Waals surface area (Å²) in [6.07, 6.45) is 4.61. The summed E-state index contributed by atoms with van der Waals surface area (Å²) in [5.41, 5.74) is 1.09. The van der Waals surface area contributed by atoms with Crippen LogP contribution in [0.4, 0.5) is 19.0 Å². The molecule has 0 amide bonds. The van der Waals surface area contributed by atoms with E-state index in [1.807, 2.05) is 12.1 Å². The number of pyridine rings is 1. The molecule has 2 aromatic rings. The number of piperidine rings is 1. The van der Waals surface area contributed by atoms with Gasteiger partial charge in [0, 0.05) is 30.9 Å². The lowest BCUT2D eigenvalue weighted by Gasteiger charge is -2.27. The zero-order valence-corrected chi connectivity index (χ0v) is 15.7. The van der Waals surface area contributed by atoms with Crippen LogP contribution in [0.5, 0.6) is 0 Å². The van der Waals surface area contributed by atoms with Gasteiger partial charge in [-0.2, -0.15) is 13.2 Å². The summed E-state index contributed by atoms with van der Waals surface area (Å²) >= 11 is 0. The Kier molecular flexibility index (Phi) is 6.36. The average Bonchev–Trinajstić information content (AvgIpc) is 2.71. The summed E-state index contributed by atoms with van der Waals surface area (Å²) in [5, 5.41) is 8.82. The van der Waals surface area contributed by atoms with E-state index in [0.717, 1.165) is 50.0 Å². The quantitative estimate of drug-likeness (QED) is 0.554. The van der Waals surface area contributed by atoms with E-state index in [9.17, 15) is 18.0 Å². The number of carboxylic acids is 1. The number of alkyl halides is 3. The molecule has 1 aliphatic rings. The van der Waals surface area contributed by atoms with Gasteiger partial charge in [-0.15, -0.1) is 0 Å². The first-order valence-corrected chi connectivity index (χ1v) is 9.35. The van der Waals surface area contributed by atoms with Gasteiger partial charge in [-0.25, -0.2) is 9.78 Å². The van der Waals surface area contributed by atoms with E-state index in [1.54, 1.807) is 12.3 Å². The van der Waals surface area contributed by atoms with Crippen LogP contribution in [0.1, 0.15) is 36.0 Å². The smallest absolute Gasteiger partial charge is 0.416 e. The van der Waals surface area contributed by atoms with Gasteiger partial charge in [-0.1, -0.05) is 24.3 Å². The molecule has 1 aliphatic heterocycles. The third-order valence-electron chi connectivity index (χ3n) is 4.76. The lowest BCUT2D eigenvalue weighted by Crippen LogP contribution is -2.30. The molecule has 7 heteroatoms. The van der Waals surface area contributed by atoms with Crippen LogP contribution in [0.25, 0.3) is 5.57 Å². The highest BCUT2D eigenvalue weighted by molar-refractivity contribution is 5.84. The van der Waals surface area contributed by atoms with E-state index in [4.69, 9.17) is 5.11 Å². The number of anilines is 1. The van der Waals surface area contributed by atoms with Gasteiger partial charge >= 0.3 is 12.1 Å². The number of benzene rings is 1. The van der Waals surface area contributed by atoms with Crippen molar-refractivity contribution in [3.63, 3.8) is 0 Å². The van der Waals surface area contributed by atoms with Crippen molar-refractivity contribution in [3.8, 4) is 0 Å².